The van der Waals surface area contributed by atoms with Crippen LogP contribution in [0.3, 0.4) is 0 Å². The molecule has 0 N–H and O–H groups in total. The van der Waals surface area contributed by atoms with Crippen LogP contribution in [0, 0.1) is 0 Å². The zero-order valence-electron chi connectivity index (χ0n) is 11.9. The number of rotatable bonds is 3. The second-order valence-corrected chi connectivity index (χ2v) is 4.97. The van der Waals surface area contributed by atoms with Crippen LogP contribution < -0.4 is 4.90 Å². The molecule has 0 unspecified atom stereocenters. The van der Waals surface area contributed by atoms with E-state index in [1.165, 1.54) is 32.8 Å². The number of anilines is 1. The lowest BCUT2D eigenvalue weighted by atomic mass is 10.1. The Balaban J connectivity index is 1.84. The number of carbonyl (C=O) groups excluding carboxylic acids is 1. The molecule has 6 heteroatoms. The number of oxazole rings is 1. The number of methoxy groups -OCH3 is 1. The summed E-state index contributed by atoms with van der Waals surface area (Å²) in [4.78, 5) is 22.2. The van der Waals surface area contributed by atoms with E-state index in [4.69, 9.17) is 4.42 Å². The molecule has 2 aromatic heterocycles. The maximum absolute atomic E-state index is 11.6. The standard InChI is InChI=1S/C15H17N3O3/c1-20-15(19)13-14(21-10-17-13)11-5-6-12(16-9-11)18-7-3-2-4-8-18/h5-6,9-10H,2-4,7-8H2,1H3. The molecule has 0 radical (unpaired) electrons. The molecule has 1 aliphatic heterocycles. The average molecular weight is 287 g/mol. The van der Waals surface area contributed by atoms with Crippen LogP contribution in [0.15, 0.2) is 29.1 Å². The van der Waals surface area contributed by atoms with Crippen LogP contribution in [0.1, 0.15) is 29.8 Å². The second kappa shape index (κ2) is 5.95. The van der Waals surface area contributed by atoms with Gasteiger partial charge in [-0.15, -0.1) is 0 Å². The molecule has 0 amide bonds. The van der Waals surface area contributed by atoms with Crippen LogP contribution in [0.25, 0.3) is 11.3 Å². The van der Waals surface area contributed by atoms with Gasteiger partial charge in [-0.2, -0.15) is 0 Å². The summed E-state index contributed by atoms with van der Waals surface area (Å²) in [6.07, 6.45) is 6.64. The van der Waals surface area contributed by atoms with Gasteiger partial charge in [-0.05, 0) is 31.4 Å². The Morgan fingerprint density at radius 3 is 2.71 bits per heavy atom. The fourth-order valence-corrected chi connectivity index (χ4v) is 2.52. The molecule has 0 spiro atoms. The molecule has 3 heterocycles. The zero-order valence-corrected chi connectivity index (χ0v) is 11.9. The molecule has 6 nitrogen and oxygen atoms in total. The van der Waals surface area contributed by atoms with E-state index in [0.29, 0.717) is 11.3 Å². The summed E-state index contributed by atoms with van der Waals surface area (Å²) in [6.45, 7) is 2.09. The Hall–Kier alpha value is -2.37. The van der Waals surface area contributed by atoms with Crippen LogP contribution in [-0.4, -0.2) is 36.1 Å². The summed E-state index contributed by atoms with van der Waals surface area (Å²) in [6, 6.07) is 3.84. The minimum absolute atomic E-state index is 0.171. The van der Waals surface area contributed by atoms with E-state index < -0.39 is 5.97 Å². The van der Waals surface area contributed by atoms with Gasteiger partial charge < -0.3 is 14.1 Å². The number of aromatic nitrogens is 2. The van der Waals surface area contributed by atoms with Crippen molar-refractivity contribution in [3.63, 3.8) is 0 Å². The first-order valence-electron chi connectivity index (χ1n) is 7.03. The number of nitrogens with zero attached hydrogens (tertiary/aromatic N) is 3. The van der Waals surface area contributed by atoms with Gasteiger partial charge in [0.05, 0.1) is 7.11 Å². The molecule has 21 heavy (non-hydrogen) atoms. The fraction of sp³-hybridized carbons (Fsp3) is 0.400. The lowest BCUT2D eigenvalue weighted by molar-refractivity contribution is 0.0595. The quantitative estimate of drug-likeness (QED) is 0.808. The zero-order chi connectivity index (χ0) is 14.7. The van der Waals surface area contributed by atoms with E-state index in [9.17, 15) is 4.79 Å². The van der Waals surface area contributed by atoms with Gasteiger partial charge in [-0.25, -0.2) is 14.8 Å². The number of carbonyl (C=O) groups is 1. The molecule has 0 bridgehead atoms. The number of hydrogen-bond acceptors (Lipinski definition) is 6. The first kappa shape index (κ1) is 13.6. The summed E-state index contributed by atoms with van der Waals surface area (Å²) >= 11 is 0. The van der Waals surface area contributed by atoms with Crippen molar-refractivity contribution in [3.8, 4) is 11.3 Å². The lowest BCUT2D eigenvalue weighted by Gasteiger charge is -2.27. The van der Waals surface area contributed by atoms with Crippen molar-refractivity contribution in [2.24, 2.45) is 0 Å². The summed E-state index contributed by atoms with van der Waals surface area (Å²) < 4.78 is 9.98. The van der Waals surface area contributed by atoms with E-state index in [1.807, 2.05) is 12.1 Å². The van der Waals surface area contributed by atoms with Crippen LogP contribution in [0.5, 0.6) is 0 Å². The molecule has 1 fully saturated rings. The van der Waals surface area contributed by atoms with Crippen LogP contribution in [0.4, 0.5) is 5.82 Å². The van der Waals surface area contributed by atoms with Gasteiger partial charge in [-0.1, -0.05) is 0 Å². The third-order valence-corrected chi connectivity index (χ3v) is 3.64. The number of pyridine rings is 1. The minimum Gasteiger partial charge on any atom is -0.464 e. The van der Waals surface area contributed by atoms with Crippen molar-refractivity contribution in [2.45, 2.75) is 19.3 Å². The van der Waals surface area contributed by atoms with Gasteiger partial charge >= 0.3 is 5.97 Å². The van der Waals surface area contributed by atoms with E-state index >= 15 is 0 Å². The van der Waals surface area contributed by atoms with Crippen LogP contribution >= 0.6 is 0 Å². The molecular formula is C15H17N3O3. The third-order valence-electron chi connectivity index (χ3n) is 3.64. The van der Waals surface area contributed by atoms with Crippen molar-refractivity contribution in [2.75, 3.05) is 25.1 Å². The number of esters is 1. The van der Waals surface area contributed by atoms with Crippen molar-refractivity contribution in [1.82, 2.24) is 9.97 Å². The number of hydrogen-bond donors (Lipinski definition) is 0. The SMILES string of the molecule is COC(=O)c1ncoc1-c1ccc(N2CCCCC2)nc1. The largest absolute Gasteiger partial charge is 0.464 e. The van der Waals surface area contributed by atoms with E-state index in [0.717, 1.165) is 18.9 Å². The predicted molar refractivity (Wildman–Crippen MR) is 77.1 cm³/mol. The Bertz CT molecular complexity index is 615. The molecule has 0 atom stereocenters. The maximum Gasteiger partial charge on any atom is 0.360 e. The normalized spacial score (nSPS) is 15.0. The molecule has 2 aromatic rings. The van der Waals surface area contributed by atoms with Gasteiger partial charge in [0, 0.05) is 24.8 Å². The third kappa shape index (κ3) is 2.74. The summed E-state index contributed by atoms with van der Waals surface area (Å²) in [5, 5.41) is 0. The van der Waals surface area contributed by atoms with Gasteiger partial charge in [0.2, 0.25) is 0 Å². The summed E-state index contributed by atoms with van der Waals surface area (Å²) in [5.74, 6) is 0.830. The second-order valence-electron chi connectivity index (χ2n) is 4.97. The Labute approximate surface area is 122 Å². The first-order valence-corrected chi connectivity index (χ1v) is 7.03. The van der Waals surface area contributed by atoms with E-state index in [-0.39, 0.29) is 5.69 Å². The van der Waals surface area contributed by atoms with Crippen molar-refractivity contribution in [1.29, 1.82) is 0 Å². The van der Waals surface area contributed by atoms with Gasteiger partial charge in [0.15, 0.2) is 17.8 Å². The number of piperidine rings is 1. The molecular weight excluding hydrogens is 270 g/mol. The Morgan fingerprint density at radius 1 is 1.24 bits per heavy atom. The smallest absolute Gasteiger partial charge is 0.360 e. The van der Waals surface area contributed by atoms with Crippen molar-refractivity contribution in [3.05, 3.63) is 30.4 Å². The molecule has 0 saturated carbocycles. The van der Waals surface area contributed by atoms with Crippen LogP contribution in [-0.2, 0) is 4.74 Å². The monoisotopic (exact) mass is 287 g/mol. The fourth-order valence-electron chi connectivity index (χ4n) is 2.52. The predicted octanol–water partition coefficient (Wildman–Crippen LogP) is 2.51. The van der Waals surface area contributed by atoms with Crippen molar-refractivity contribution >= 4 is 11.8 Å². The van der Waals surface area contributed by atoms with E-state index in [1.54, 1.807) is 6.20 Å². The molecule has 110 valence electrons. The molecule has 0 aliphatic carbocycles. The van der Waals surface area contributed by atoms with Gasteiger partial charge in [0.25, 0.3) is 0 Å². The molecule has 0 aromatic carbocycles. The van der Waals surface area contributed by atoms with Crippen LogP contribution in [0.2, 0.25) is 0 Å². The lowest BCUT2D eigenvalue weighted by Crippen LogP contribution is -2.29. The molecule has 3 rings (SSSR count). The highest BCUT2D eigenvalue weighted by Crippen LogP contribution is 2.25. The highest BCUT2D eigenvalue weighted by molar-refractivity contribution is 5.93. The van der Waals surface area contributed by atoms with E-state index in [2.05, 4.69) is 19.6 Å². The first-order chi connectivity index (χ1) is 10.3. The van der Waals surface area contributed by atoms with Crippen molar-refractivity contribution < 1.29 is 13.9 Å². The maximum atomic E-state index is 11.6. The van der Waals surface area contributed by atoms with Gasteiger partial charge in [0.1, 0.15) is 5.82 Å². The topological polar surface area (TPSA) is 68.5 Å². The Morgan fingerprint density at radius 2 is 2.05 bits per heavy atom. The number of ether oxygens (including phenoxy) is 1. The van der Waals surface area contributed by atoms with Gasteiger partial charge in [-0.3, -0.25) is 0 Å². The summed E-state index contributed by atoms with van der Waals surface area (Å²) in [7, 11) is 1.32. The minimum atomic E-state index is -0.515. The molecule has 1 aliphatic rings. The average Bonchev–Trinajstić information content (AvgIpc) is 3.05. The Kier molecular flexibility index (Phi) is 3.85. The highest BCUT2D eigenvalue weighted by atomic mass is 16.5. The highest BCUT2D eigenvalue weighted by Gasteiger charge is 2.19. The molecule has 1 saturated heterocycles. The summed E-state index contributed by atoms with van der Waals surface area (Å²) in [5.41, 5.74) is 0.888.